The maximum absolute atomic E-state index is 11.5. The molecule has 1 aromatic rings. The first-order valence-electron chi connectivity index (χ1n) is 6.90. The molecular formula is C14H16N4O3S. The maximum atomic E-state index is 11.5. The van der Waals surface area contributed by atoms with Gasteiger partial charge in [-0.05, 0) is 18.6 Å². The first-order chi connectivity index (χ1) is 10.6. The molecule has 2 heterocycles. The smallest absolute Gasteiger partial charge is 0.344 e. The Morgan fingerprint density at radius 3 is 3.00 bits per heavy atom. The minimum atomic E-state index is -3.74. The Bertz CT molecular complexity index is 767. The third-order valence-corrected chi connectivity index (χ3v) is 4.26. The van der Waals surface area contributed by atoms with Crippen molar-refractivity contribution in [2.75, 3.05) is 6.61 Å². The third-order valence-electron chi connectivity index (χ3n) is 3.34. The lowest BCUT2D eigenvalue weighted by Crippen LogP contribution is -2.36. The lowest BCUT2D eigenvalue weighted by atomic mass is 10.0. The predicted molar refractivity (Wildman–Crippen MR) is 81.9 cm³/mol. The molecule has 0 radical (unpaired) electrons. The van der Waals surface area contributed by atoms with Gasteiger partial charge >= 0.3 is 10.2 Å². The summed E-state index contributed by atoms with van der Waals surface area (Å²) in [6, 6.07) is 5.71. The van der Waals surface area contributed by atoms with Crippen molar-refractivity contribution in [3.63, 3.8) is 0 Å². The van der Waals surface area contributed by atoms with Gasteiger partial charge in [-0.25, -0.2) is 0 Å². The summed E-state index contributed by atoms with van der Waals surface area (Å²) in [5, 5.41) is 0. The van der Waals surface area contributed by atoms with E-state index in [0.29, 0.717) is 42.9 Å². The van der Waals surface area contributed by atoms with E-state index in [1.54, 1.807) is 12.3 Å². The fourth-order valence-electron chi connectivity index (χ4n) is 2.40. The van der Waals surface area contributed by atoms with Crippen LogP contribution in [0.2, 0.25) is 0 Å². The second-order valence-electron chi connectivity index (χ2n) is 4.93. The highest BCUT2D eigenvalue weighted by molar-refractivity contribution is 7.88. The van der Waals surface area contributed by atoms with Crippen molar-refractivity contribution in [1.82, 2.24) is 9.71 Å². The average Bonchev–Trinajstić information content (AvgIpc) is 2.46. The van der Waals surface area contributed by atoms with Crippen LogP contribution in [0, 0.1) is 0 Å². The fraction of sp³-hybridized carbons (Fsp3) is 0.286. The minimum absolute atomic E-state index is 0.0301. The van der Waals surface area contributed by atoms with E-state index in [0.717, 1.165) is 5.69 Å². The molecule has 0 fully saturated rings. The van der Waals surface area contributed by atoms with E-state index in [1.165, 1.54) is 0 Å². The standard InChI is InChI=1S/C14H16N4O3S/c15-14-13-11(17-22(19,20)18-14)5-3-6-12(13)21-9-7-10-4-1-2-8-16-10/h1-2,4-5,8,17H,3,6-7,9H2,(H2,15,18). The number of nitrogens with one attached hydrogen (secondary N) is 1. The van der Waals surface area contributed by atoms with Crippen LogP contribution in [0.25, 0.3) is 0 Å². The highest BCUT2D eigenvalue weighted by atomic mass is 32.2. The molecule has 0 unspecified atom stereocenters. The molecule has 0 saturated carbocycles. The maximum Gasteiger partial charge on any atom is 0.344 e. The highest BCUT2D eigenvalue weighted by Crippen LogP contribution is 2.28. The number of amidine groups is 1. The second-order valence-corrected chi connectivity index (χ2v) is 6.26. The van der Waals surface area contributed by atoms with Crippen molar-refractivity contribution in [3.05, 3.63) is 53.2 Å². The number of ether oxygens (including phenoxy) is 1. The number of pyridine rings is 1. The summed E-state index contributed by atoms with van der Waals surface area (Å²) < 4.78 is 34.7. The van der Waals surface area contributed by atoms with E-state index in [-0.39, 0.29) is 5.84 Å². The van der Waals surface area contributed by atoms with Crippen molar-refractivity contribution in [1.29, 1.82) is 0 Å². The Balaban J connectivity index is 1.77. The van der Waals surface area contributed by atoms with Crippen LogP contribution in [-0.4, -0.2) is 25.8 Å². The molecule has 22 heavy (non-hydrogen) atoms. The molecule has 0 saturated heterocycles. The van der Waals surface area contributed by atoms with Crippen LogP contribution in [0.5, 0.6) is 0 Å². The fourth-order valence-corrected chi connectivity index (χ4v) is 3.26. The Morgan fingerprint density at radius 1 is 1.36 bits per heavy atom. The topological polar surface area (TPSA) is 107 Å². The summed E-state index contributed by atoms with van der Waals surface area (Å²) in [5.74, 6) is 0.634. The summed E-state index contributed by atoms with van der Waals surface area (Å²) in [6.45, 7) is 0.448. The van der Waals surface area contributed by atoms with Gasteiger partial charge in [-0.3, -0.25) is 9.71 Å². The number of hydrogen-bond acceptors (Lipinski definition) is 5. The quantitative estimate of drug-likeness (QED) is 0.852. The summed E-state index contributed by atoms with van der Waals surface area (Å²) in [4.78, 5) is 4.23. The molecule has 7 nitrogen and oxygen atoms in total. The molecule has 0 bridgehead atoms. The largest absolute Gasteiger partial charge is 0.497 e. The van der Waals surface area contributed by atoms with Gasteiger partial charge < -0.3 is 10.5 Å². The van der Waals surface area contributed by atoms with E-state index in [1.807, 2.05) is 18.2 Å². The number of hydrogen-bond donors (Lipinski definition) is 2. The molecule has 2 aliphatic rings. The van der Waals surface area contributed by atoms with E-state index in [2.05, 4.69) is 14.1 Å². The highest BCUT2D eigenvalue weighted by Gasteiger charge is 2.29. The number of nitrogens with two attached hydrogens (primary N) is 1. The summed E-state index contributed by atoms with van der Waals surface area (Å²) in [5.41, 5.74) is 7.71. The number of allylic oxidation sites excluding steroid dienone is 2. The first kappa shape index (κ1) is 14.6. The van der Waals surface area contributed by atoms with Gasteiger partial charge in [-0.2, -0.15) is 8.42 Å². The average molecular weight is 320 g/mol. The Kier molecular flexibility index (Phi) is 3.84. The van der Waals surface area contributed by atoms with Gasteiger partial charge in [0.2, 0.25) is 0 Å². The number of fused-ring (bicyclic) bond motifs is 1. The van der Waals surface area contributed by atoms with Crippen molar-refractivity contribution < 1.29 is 13.2 Å². The zero-order valence-corrected chi connectivity index (χ0v) is 12.6. The van der Waals surface area contributed by atoms with Gasteiger partial charge in [0.15, 0.2) is 5.84 Å². The van der Waals surface area contributed by atoms with Crippen LogP contribution < -0.4 is 10.5 Å². The minimum Gasteiger partial charge on any atom is -0.497 e. The van der Waals surface area contributed by atoms with Crippen molar-refractivity contribution in [2.45, 2.75) is 19.3 Å². The Morgan fingerprint density at radius 2 is 2.23 bits per heavy atom. The molecular weight excluding hydrogens is 304 g/mol. The lowest BCUT2D eigenvalue weighted by Gasteiger charge is -2.25. The van der Waals surface area contributed by atoms with Gasteiger partial charge in [0.25, 0.3) is 0 Å². The van der Waals surface area contributed by atoms with E-state index in [9.17, 15) is 8.42 Å². The zero-order valence-electron chi connectivity index (χ0n) is 11.8. The predicted octanol–water partition coefficient (Wildman–Crippen LogP) is 0.778. The van der Waals surface area contributed by atoms with Crippen LogP contribution >= 0.6 is 0 Å². The van der Waals surface area contributed by atoms with Gasteiger partial charge in [0.1, 0.15) is 5.76 Å². The van der Waals surface area contributed by atoms with Gasteiger partial charge in [0.05, 0.1) is 17.9 Å². The normalized spacial score (nSPS) is 19.6. The molecule has 0 atom stereocenters. The summed E-state index contributed by atoms with van der Waals surface area (Å²) in [6.07, 6.45) is 5.55. The first-order valence-corrected chi connectivity index (χ1v) is 8.34. The van der Waals surface area contributed by atoms with Gasteiger partial charge in [0, 0.05) is 24.7 Å². The second kappa shape index (κ2) is 5.80. The van der Waals surface area contributed by atoms with Crippen molar-refractivity contribution in [2.24, 2.45) is 10.1 Å². The summed E-state index contributed by atoms with van der Waals surface area (Å²) >= 11 is 0. The molecule has 8 heteroatoms. The molecule has 0 aromatic carbocycles. The van der Waals surface area contributed by atoms with E-state index >= 15 is 0 Å². The number of aromatic nitrogens is 1. The zero-order chi connectivity index (χ0) is 15.6. The van der Waals surface area contributed by atoms with Crippen LogP contribution in [0.4, 0.5) is 0 Å². The van der Waals surface area contributed by atoms with Crippen LogP contribution in [0.3, 0.4) is 0 Å². The molecule has 116 valence electrons. The molecule has 3 N–H and O–H groups in total. The van der Waals surface area contributed by atoms with E-state index < -0.39 is 10.2 Å². The molecule has 0 amide bonds. The Labute approximate surface area is 128 Å². The van der Waals surface area contributed by atoms with Crippen molar-refractivity contribution >= 4 is 16.0 Å². The molecule has 0 spiro atoms. The van der Waals surface area contributed by atoms with Crippen LogP contribution in [-0.2, 0) is 21.4 Å². The van der Waals surface area contributed by atoms with Crippen LogP contribution in [0.15, 0.2) is 51.9 Å². The van der Waals surface area contributed by atoms with E-state index in [4.69, 9.17) is 10.5 Å². The molecule has 3 rings (SSSR count). The Hall–Kier alpha value is -2.35. The third kappa shape index (κ3) is 3.11. The summed E-state index contributed by atoms with van der Waals surface area (Å²) in [7, 11) is -3.74. The van der Waals surface area contributed by atoms with Gasteiger partial charge in [-0.15, -0.1) is 4.40 Å². The number of rotatable bonds is 4. The lowest BCUT2D eigenvalue weighted by molar-refractivity contribution is 0.202. The van der Waals surface area contributed by atoms with Crippen LogP contribution in [0.1, 0.15) is 18.5 Å². The molecule has 1 aromatic heterocycles. The molecule has 1 aliphatic heterocycles. The molecule has 1 aliphatic carbocycles. The van der Waals surface area contributed by atoms with Crippen molar-refractivity contribution in [3.8, 4) is 0 Å². The SMILES string of the molecule is NC1=NS(=O)(=O)NC2=CCCC(OCCc3ccccn3)=C21. The van der Waals surface area contributed by atoms with Gasteiger partial charge in [-0.1, -0.05) is 12.1 Å². The monoisotopic (exact) mass is 320 g/mol. The number of nitrogens with zero attached hydrogens (tertiary/aromatic N) is 2.